The number of rotatable bonds is 9. The lowest BCUT2D eigenvalue weighted by atomic mass is 9.78. The number of nitrogens with one attached hydrogen (secondary N) is 2. The van der Waals surface area contributed by atoms with E-state index >= 15 is 0 Å². The normalized spacial score (nSPS) is 17.4. The molecule has 0 atom stereocenters. The first-order valence-electron chi connectivity index (χ1n) is 14.1. The van der Waals surface area contributed by atoms with Crippen LogP contribution >= 0.6 is 34.5 Å². The summed E-state index contributed by atoms with van der Waals surface area (Å²) in [5.74, 6) is 1.08. The van der Waals surface area contributed by atoms with Gasteiger partial charge in [-0.05, 0) is 85.9 Å². The summed E-state index contributed by atoms with van der Waals surface area (Å²) in [7, 11) is 0. The fraction of sp³-hybridized carbons (Fsp3) is 0.433. The van der Waals surface area contributed by atoms with E-state index < -0.39 is 0 Å². The number of benzene rings is 1. The summed E-state index contributed by atoms with van der Waals surface area (Å²) in [5.41, 5.74) is 3.14. The fourth-order valence-electron chi connectivity index (χ4n) is 6.19. The molecule has 3 aromatic heterocycles. The molecule has 1 amide bonds. The van der Waals surface area contributed by atoms with E-state index in [0.29, 0.717) is 32.7 Å². The fourth-order valence-corrected chi connectivity index (χ4v) is 7.83. The van der Waals surface area contributed by atoms with Crippen LogP contribution < -0.4 is 0 Å². The van der Waals surface area contributed by atoms with E-state index in [1.54, 1.807) is 29.7 Å². The summed E-state index contributed by atoms with van der Waals surface area (Å²) in [6.07, 6.45) is 10.5. The first-order chi connectivity index (χ1) is 19.9. The molecule has 1 aromatic carbocycles. The van der Waals surface area contributed by atoms with Gasteiger partial charge in [-0.25, -0.2) is 9.97 Å². The van der Waals surface area contributed by atoms with Crippen molar-refractivity contribution in [3.63, 3.8) is 0 Å². The maximum atomic E-state index is 13.7. The summed E-state index contributed by atoms with van der Waals surface area (Å²) in [6.45, 7) is 9.10. The number of H-pyrrole nitrogens is 2. The quantitative estimate of drug-likeness (QED) is 0.237. The van der Waals surface area contributed by atoms with Gasteiger partial charge in [0.1, 0.15) is 11.6 Å². The Balaban J connectivity index is 1.09. The van der Waals surface area contributed by atoms with Crippen molar-refractivity contribution in [1.29, 1.82) is 0 Å². The Kier molecular flexibility index (Phi) is 8.51. The van der Waals surface area contributed by atoms with Crippen molar-refractivity contribution in [1.82, 2.24) is 34.6 Å². The second kappa shape index (κ2) is 12.3. The summed E-state index contributed by atoms with van der Waals surface area (Å²) < 4.78 is 0. The number of piperidine rings is 1. The van der Waals surface area contributed by atoms with Crippen LogP contribution in [0, 0.1) is 12.3 Å². The number of hydrogen-bond acceptors (Lipinski definition) is 6. The van der Waals surface area contributed by atoms with Crippen LogP contribution in [0.2, 0.25) is 10.0 Å². The first-order valence-corrected chi connectivity index (χ1v) is 15.7. The van der Waals surface area contributed by atoms with Gasteiger partial charge in [0, 0.05) is 49.3 Å². The SMILES string of the molecule is Cc1ccsc1CN1CCC2(CC1)CCN(Cc1cc(Cl)c(C(=O)N(Cc3ncc[nH]3)Cc3ncc[nH]3)c(Cl)c1)C2. The molecule has 0 unspecified atom stereocenters. The van der Waals surface area contributed by atoms with E-state index in [1.807, 2.05) is 23.5 Å². The average molecular weight is 613 g/mol. The van der Waals surface area contributed by atoms with Crippen LogP contribution in [0.4, 0.5) is 0 Å². The van der Waals surface area contributed by atoms with Crippen LogP contribution in [-0.4, -0.2) is 66.7 Å². The smallest absolute Gasteiger partial charge is 0.257 e. The lowest BCUT2D eigenvalue weighted by molar-refractivity contribution is 0.0722. The topological polar surface area (TPSA) is 84.2 Å². The van der Waals surface area contributed by atoms with E-state index in [-0.39, 0.29) is 19.0 Å². The molecule has 0 saturated carbocycles. The highest BCUT2D eigenvalue weighted by Crippen LogP contribution is 2.41. The Morgan fingerprint density at radius 3 is 2.12 bits per heavy atom. The number of nitrogens with zero attached hydrogens (tertiary/aromatic N) is 5. The third-order valence-corrected chi connectivity index (χ3v) is 10.2. The van der Waals surface area contributed by atoms with Gasteiger partial charge in [0.15, 0.2) is 0 Å². The highest BCUT2D eigenvalue weighted by molar-refractivity contribution is 7.10. The first kappa shape index (κ1) is 28.4. The van der Waals surface area contributed by atoms with Crippen LogP contribution in [0.15, 0.2) is 48.4 Å². The molecule has 0 bridgehead atoms. The van der Waals surface area contributed by atoms with Crippen LogP contribution in [0.3, 0.4) is 0 Å². The molecule has 8 nitrogen and oxygen atoms in total. The molecule has 0 radical (unpaired) electrons. The zero-order valence-electron chi connectivity index (χ0n) is 23.2. The van der Waals surface area contributed by atoms with Gasteiger partial charge >= 0.3 is 0 Å². The second-order valence-corrected chi connectivity index (χ2v) is 13.2. The molecule has 4 aromatic rings. The van der Waals surface area contributed by atoms with E-state index in [2.05, 4.69) is 48.1 Å². The van der Waals surface area contributed by atoms with Gasteiger partial charge in [-0.3, -0.25) is 14.6 Å². The van der Waals surface area contributed by atoms with Gasteiger partial charge in [0.25, 0.3) is 5.91 Å². The van der Waals surface area contributed by atoms with Crippen molar-refractivity contribution in [2.45, 2.75) is 52.4 Å². The van der Waals surface area contributed by atoms with Gasteiger partial charge in [-0.1, -0.05) is 23.2 Å². The molecule has 6 rings (SSSR count). The number of aryl methyl sites for hydroxylation is 1. The van der Waals surface area contributed by atoms with Crippen molar-refractivity contribution in [2.75, 3.05) is 26.2 Å². The maximum Gasteiger partial charge on any atom is 0.257 e. The zero-order valence-corrected chi connectivity index (χ0v) is 25.5. The molecule has 2 fully saturated rings. The monoisotopic (exact) mass is 611 g/mol. The van der Waals surface area contributed by atoms with Crippen LogP contribution in [0.1, 0.15) is 57.3 Å². The van der Waals surface area contributed by atoms with Gasteiger partial charge < -0.3 is 14.9 Å². The second-order valence-electron chi connectivity index (χ2n) is 11.4. The standard InChI is InChI=1S/C30H35Cl2N7OS/c1-21-2-13-41-25(21)17-37-10-3-30(4-11-37)5-12-38(20-30)16-22-14-23(31)28(24(32)15-22)29(40)39(18-26-33-6-7-34-26)19-27-35-8-9-36-27/h2,6-9,13-15H,3-5,10-12,16-20H2,1H3,(H,33,34)(H,35,36). The van der Waals surface area contributed by atoms with Crippen molar-refractivity contribution < 1.29 is 4.79 Å². The van der Waals surface area contributed by atoms with E-state index in [4.69, 9.17) is 23.2 Å². The largest absolute Gasteiger partial charge is 0.347 e. The third kappa shape index (κ3) is 6.54. The molecule has 2 aliphatic rings. The van der Waals surface area contributed by atoms with Gasteiger partial charge in [0.05, 0.1) is 28.7 Å². The summed E-state index contributed by atoms with van der Waals surface area (Å²) in [6, 6.07) is 6.02. The van der Waals surface area contributed by atoms with E-state index in [9.17, 15) is 4.79 Å². The molecule has 2 N–H and O–H groups in total. The summed E-state index contributed by atoms with van der Waals surface area (Å²) >= 11 is 15.4. The number of aromatic nitrogens is 4. The highest BCUT2D eigenvalue weighted by Gasteiger charge is 2.40. The summed E-state index contributed by atoms with van der Waals surface area (Å²) in [4.78, 5) is 36.7. The molecule has 5 heterocycles. The number of carbonyl (C=O) groups excluding carboxylic acids is 1. The molecular weight excluding hydrogens is 577 g/mol. The molecule has 41 heavy (non-hydrogen) atoms. The van der Waals surface area contributed by atoms with Gasteiger partial charge in [-0.2, -0.15) is 0 Å². The number of amides is 1. The van der Waals surface area contributed by atoms with E-state index in [1.165, 1.54) is 29.7 Å². The minimum Gasteiger partial charge on any atom is -0.347 e. The molecule has 2 saturated heterocycles. The predicted octanol–water partition coefficient (Wildman–Crippen LogP) is 6.14. The number of carbonyl (C=O) groups is 1. The van der Waals surface area contributed by atoms with Gasteiger partial charge in [-0.15, -0.1) is 11.3 Å². The highest BCUT2D eigenvalue weighted by atomic mass is 35.5. The van der Waals surface area contributed by atoms with Crippen LogP contribution in [0.5, 0.6) is 0 Å². The minimum absolute atomic E-state index is 0.260. The minimum atomic E-state index is -0.260. The lowest BCUT2D eigenvalue weighted by Gasteiger charge is -2.39. The lowest BCUT2D eigenvalue weighted by Crippen LogP contribution is -2.41. The predicted molar refractivity (Wildman–Crippen MR) is 163 cm³/mol. The Morgan fingerprint density at radius 2 is 1.59 bits per heavy atom. The van der Waals surface area contributed by atoms with Crippen molar-refractivity contribution in [3.8, 4) is 0 Å². The van der Waals surface area contributed by atoms with E-state index in [0.717, 1.165) is 44.8 Å². The molecule has 11 heteroatoms. The molecule has 2 aliphatic heterocycles. The molecule has 1 spiro atoms. The number of aromatic amines is 2. The number of imidazole rings is 2. The average Bonchev–Trinajstić information content (AvgIpc) is 3.76. The van der Waals surface area contributed by atoms with Crippen molar-refractivity contribution >= 4 is 40.4 Å². The number of likely N-dealkylation sites (tertiary alicyclic amines) is 2. The number of halogens is 2. The Morgan fingerprint density at radius 1 is 0.976 bits per heavy atom. The molecular formula is C30H35Cl2N7OS. The number of hydrogen-bond donors (Lipinski definition) is 2. The summed E-state index contributed by atoms with van der Waals surface area (Å²) in [5, 5.41) is 2.93. The van der Waals surface area contributed by atoms with Gasteiger partial charge in [0.2, 0.25) is 0 Å². The molecule has 216 valence electrons. The van der Waals surface area contributed by atoms with Crippen molar-refractivity contribution in [2.24, 2.45) is 5.41 Å². The Hall–Kier alpha value is -2.69. The Bertz CT molecular complexity index is 1400. The van der Waals surface area contributed by atoms with Crippen LogP contribution in [-0.2, 0) is 26.2 Å². The third-order valence-electron chi connectivity index (χ3n) is 8.57. The maximum absolute atomic E-state index is 13.7. The van der Waals surface area contributed by atoms with Crippen LogP contribution in [0.25, 0.3) is 0 Å². The Labute approximate surface area is 254 Å². The molecule has 0 aliphatic carbocycles. The zero-order chi connectivity index (χ0) is 28.4. The van der Waals surface area contributed by atoms with Crippen molar-refractivity contribution in [3.05, 3.63) is 91.6 Å². The number of thiophene rings is 1.